The van der Waals surface area contributed by atoms with Crippen molar-refractivity contribution in [2.24, 2.45) is 5.92 Å². The molecule has 0 radical (unpaired) electrons. The Morgan fingerprint density at radius 2 is 2.00 bits per heavy atom. The van der Waals surface area contributed by atoms with Gasteiger partial charge in [0.2, 0.25) is 0 Å². The van der Waals surface area contributed by atoms with Crippen molar-refractivity contribution in [1.82, 2.24) is 25.5 Å². The molecule has 136 valence electrons. The lowest BCUT2D eigenvalue weighted by atomic mass is 9.98. The molecule has 3 N–H and O–H groups in total. The number of nitriles is 1. The predicted molar refractivity (Wildman–Crippen MR) is 100 cm³/mol. The molecule has 0 bridgehead atoms. The second-order valence-corrected chi connectivity index (χ2v) is 6.78. The average Bonchev–Trinajstić information content (AvgIpc) is 2.68. The van der Waals surface area contributed by atoms with Gasteiger partial charge in [-0.1, -0.05) is 13.8 Å². The molecule has 3 heterocycles. The number of nitrogens with zero attached hydrogens (tertiary/aromatic N) is 5. The summed E-state index contributed by atoms with van der Waals surface area (Å²) in [6.07, 6.45) is 5.32. The monoisotopic (exact) mass is 352 g/mol. The molecule has 2 aromatic rings. The summed E-state index contributed by atoms with van der Waals surface area (Å²) in [5.41, 5.74) is 2.23. The Morgan fingerprint density at radius 1 is 1.19 bits per heavy atom. The fourth-order valence-corrected chi connectivity index (χ4v) is 2.95. The van der Waals surface area contributed by atoms with Crippen LogP contribution in [0.1, 0.15) is 44.0 Å². The lowest BCUT2D eigenvalue weighted by Gasteiger charge is -2.24. The Kier molecular flexibility index (Phi) is 5.92. The summed E-state index contributed by atoms with van der Waals surface area (Å²) < 4.78 is 0. The maximum absolute atomic E-state index is 8.80. The SMILES string of the molecule is CC(C)c1nnc(Nc2cnc(C#N)cn2)cc1NCC1CCNCC1. The van der Waals surface area contributed by atoms with Crippen LogP contribution in [0.2, 0.25) is 0 Å². The van der Waals surface area contributed by atoms with Crippen LogP contribution in [0.5, 0.6) is 0 Å². The molecule has 1 saturated heterocycles. The van der Waals surface area contributed by atoms with Gasteiger partial charge in [0.15, 0.2) is 11.5 Å². The van der Waals surface area contributed by atoms with Gasteiger partial charge in [-0.25, -0.2) is 9.97 Å². The van der Waals surface area contributed by atoms with E-state index in [-0.39, 0.29) is 11.6 Å². The molecule has 0 aliphatic carbocycles. The van der Waals surface area contributed by atoms with E-state index in [1.165, 1.54) is 25.2 Å². The van der Waals surface area contributed by atoms with Gasteiger partial charge >= 0.3 is 0 Å². The molecule has 3 rings (SSSR count). The van der Waals surface area contributed by atoms with Crippen molar-refractivity contribution >= 4 is 17.3 Å². The van der Waals surface area contributed by atoms with Crippen LogP contribution in [-0.2, 0) is 0 Å². The Bertz CT molecular complexity index is 760. The van der Waals surface area contributed by atoms with Crippen molar-refractivity contribution < 1.29 is 0 Å². The summed E-state index contributed by atoms with van der Waals surface area (Å²) in [5.74, 6) is 2.08. The lowest BCUT2D eigenvalue weighted by Crippen LogP contribution is -2.31. The molecular weight excluding hydrogens is 328 g/mol. The van der Waals surface area contributed by atoms with Crippen molar-refractivity contribution in [3.8, 4) is 6.07 Å². The fraction of sp³-hybridized carbons (Fsp3) is 0.500. The van der Waals surface area contributed by atoms with Gasteiger partial charge in [-0.15, -0.1) is 5.10 Å². The maximum Gasteiger partial charge on any atom is 0.158 e. The van der Waals surface area contributed by atoms with Crippen molar-refractivity contribution in [3.05, 3.63) is 29.8 Å². The largest absolute Gasteiger partial charge is 0.383 e. The van der Waals surface area contributed by atoms with Crippen LogP contribution in [0.4, 0.5) is 17.3 Å². The smallest absolute Gasteiger partial charge is 0.158 e. The summed E-state index contributed by atoms with van der Waals surface area (Å²) in [7, 11) is 0. The number of rotatable bonds is 6. The first-order chi connectivity index (χ1) is 12.7. The first-order valence-electron chi connectivity index (χ1n) is 8.97. The van der Waals surface area contributed by atoms with E-state index >= 15 is 0 Å². The highest BCUT2D eigenvalue weighted by Crippen LogP contribution is 2.25. The lowest BCUT2D eigenvalue weighted by molar-refractivity contribution is 0.389. The molecule has 2 aromatic heterocycles. The van der Waals surface area contributed by atoms with E-state index in [4.69, 9.17) is 5.26 Å². The number of hydrogen-bond donors (Lipinski definition) is 3. The zero-order valence-electron chi connectivity index (χ0n) is 15.2. The number of anilines is 3. The minimum atomic E-state index is 0.279. The van der Waals surface area contributed by atoms with Crippen LogP contribution in [-0.4, -0.2) is 39.8 Å². The van der Waals surface area contributed by atoms with Gasteiger partial charge < -0.3 is 16.0 Å². The third kappa shape index (κ3) is 4.64. The van der Waals surface area contributed by atoms with E-state index in [1.54, 1.807) is 0 Å². The summed E-state index contributed by atoms with van der Waals surface area (Å²) in [6, 6.07) is 3.91. The van der Waals surface area contributed by atoms with Crippen molar-refractivity contribution in [1.29, 1.82) is 5.26 Å². The van der Waals surface area contributed by atoms with Crippen molar-refractivity contribution in [2.75, 3.05) is 30.3 Å². The predicted octanol–water partition coefficient (Wildman–Crippen LogP) is 2.42. The first-order valence-corrected chi connectivity index (χ1v) is 8.97. The highest BCUT2D eigenvalue weighted by molar-refractivity contribution is 5.60. The minimum absolute atomic E-state index is 0.279. The molecule has 0 saturated carbocycles. The van der Waals surface area contributed by atoms with Crippen molar-refractivity contribution in [2.45, 2.75) is 32.6 Å². The molecule has 0 atom stereocenters. The van der Waals surface area contributed by atoms with Crippen LogP contribution in [0, 0.1) is 17.2 Å². The van der Waals surface area contributed by atoms with Crippen molar-refractivity contribution in [3.63, 3.8) is 0 Å². The molecule has 0 aromatic carbocycles. The van der Waals surface area contributed by atoms with Crippen LogP contribution in [0.3, 0.4) is 0 Å². The molecule has 0 unspecified atom stereocenters. The first kappa shape index (κ1) is 18.0. The van der Waals surface area contributed by atoms with E-state index in [0.29, 0.717) is 17.6 Å². The molecule has 1 fully saturated rings. The van der Waals surface area contributed by atoms with Crippen LogP contribution < -0.4 is 16.0 Å². The molecule has 26 heavy (non-hydrogen) atoms. The highest BCUT2D eigenvalue weighted by atomic mass is 15.2. The Labute approximate surface area is 153 Å². The Morgan fingerprint density at radius 3 is 2.65 bits per heavy atom. The third-order valence-corrected chi connectivity index (χ3v) is 4.43. The van der Waals surface area contributed by atoms with Gasteiger partial charge in [0, 0.05) is 12.6 Å². The van der Waals surface area contributed by atoms with Crippen LogP contribution in [0.15, 0.2) is 18.5 Å². The molecule has 1 aliphatic rings. The third-order valence-electron chi connectivity index (χ3n) is 4.43. The second-order valence-electron chi connectivity index (χ2n) is 6.78. The average molecular weight is 352 g/mol. The fourth-order valence-electron chi connectivity index (χ4n) is 2.95. The summed E-state index contributed by atoms with van der Waals surface area (Å²) in [6.45, 7) is 7.32. The molecule has 0 spiro atoms. The minimum Gasteiger partial charge on any atom is -0.383 e. The second kappa shape index (κ2) is 8.54. The normalized spacial score (nSPS) is 14.8. The van der Waals surface area contributed by atoms with Gasteiger partial charge in [-0.3, -0.25) is 0 Å². The summed E-state index contributed by atoms with van der Waals surface area (Å²) >= 11 is 0. The number of aromatic nitrogens is 4. The van der Waals surface area contributed by atoms with E-state index in [0.717, 1.165) is 31.0 Å². The molecule has 1 aliphatic heterocycles. The topological polar surface area (TPSA) is 111 Å². The van der Waals surface area contributed by atoms with Crippen LogP contribution in [0.25, 0.3) is 0 Å². The van der Waals surface area contributed by atoms with Gasteiger partial charge in [-0.2, -0.15) is 10.4 Å². The summed E-state index contributed by atoms with van der Waals surface area (Å²) in [5, 5.41) is 27.5. The van der Waals surface area contributed by atoms with E-state index in [2.05, 4.69) is 50.0 Å². The van der Waals surface area contributed by atoms with Gasteiger partial charge in [0.05, 0.1) is 23.8 Å². The van der Waals surface area contributed by atoms with E-state index in [9.17, 15) is 0 Å². The summed E-state index contributed by atoms with van der Waals surface area (Å²) in [4.78, 5) is 8.16. The zero-order valence-corrected chi connectivity index (χ0v) is 15.2. The van der Waals surface area contributed by atoms with E-state index < -0.39 is 0 Å². The molecule has 8 nitrogen and oxygen atoms in total. The Hall–Kier alpha value is -2.79. The number of hydrogen-bond acceptors (Lipinski definition) is 8. The van der Waals surface area contributed by atoms with Gasteiger partial charge in [0.1, 0.15) is 11.9 Å². The standard InChI is InChI=1S/C18H24N8/c1-12(2)18-15(22-9-13-3-5-20-6-4-13)7-16(25-26-18)24-17-11-21-14(8-19)10-23-17/h7,10-13,20H,3-6,9H2,1-2H3,(H2,22,23,24,25). The highest BCUT2D eigenvalue weighted by Gasteiger charge is 2.16. The quantitative estimate of drug-likeness (QED) is 0.727. The maximum atomic E-state index is 8.80. The Balaban J connectivity index is 1.73. The molecule has 0 amide bonds. The van der Waals surface area contributed by atoms with Gasteiger partial charge in [0.25, 0.3) is 0 Å². The zero-order chi connectivity index (χ0) is 18.4. The molecular formula is C18H24N8. The number of nitrogens with one attached hydrogen (secondary N) is 3. The number of piperidine rings is 1. The van der Waals surface area contributed by atoms with Gasteiger partial charge in [-0.05, 0) is 37.8 Å². The molecule has 8 heteroatoms. The van der Waals surface area contributed by atoms with E-state index in [1.807, 2.05) is 12.1 Å². The van der Waals surface area contributed by atoms with Crippen LogP contribution >= 0.6 is 0 Å².